The van der Waals surface area contributed by atoms with Crippen LogP contribution >= 0.6 is 0 Å². The van der Waals surface area contributed by atoms with Crippen LogP contribution in [0.2, 0.25) is 0 Å². The number of carbonyl (C=O) groups excluding carboxylic acids is 1. The lowest BCUT2D eigenvalue weighted by Crippen LogP contribution is -2.35. The molecule has 216 valence electrons. The highest BCUT2D eigenvalue weighted by molar-refractivity contribution is 6.09. The maximum Gasteiger partial charge on any atom is 0.387 e. The van der Waals surface area contributed by atoms with Crippen molar-refractivity contribution >= 4 is 17.2 Å². The van der Waals surface area contributed by atoms with Crippen LogP contribution in [0.25, 0.3) is 16.9 Å². The number of aryl methyl sites for hydroxylation is 1. The molecule has 1 amide bonds. The molecule has 3 aromatic heterocycles. The molecule has 0 saturated carbocycles. The van der Waals surface area contributed by atoms with E-state index in [1.54, 1.807) is 43.8 Å². The third kappa shape index (κ3) is 6.06. The molecule has 1 aliphatic heterocycles. The molecule has 4 heterocycles. The summed E-state index contributed by atoms with van der Waals surface area (Å²) in [5, 5.41) is 11.4. The van der Waals surface area contributed by atoms with Crippen molar-refractivity contribution < 1.29 is 27.8 Å². The summed E-state index contributed by atoms with van der Waals surface area (Å²) >= 11 is 0. The van der Waals surface area contributed by atoms with Crippen LogP contribution in [0.3, 0.4) is 0 Å². The number of benzene rings is 2. The molecular formula is C29H27F2N7O4. The van der Waals surface area contributed by atoms with Crippen molar-refractivity contribution in [2.75, 3.05) is 31.6 Å². The summed E-state index contributed by atoms with van der Waals surface area (Å²) in [4.78, 5) is 19.7. The fourth-order valence-corrected chi connectivity index (χ4v) is 4.77. The van der Waals surface area contributed by atoms with E-state index in [0.717, 1.165) is 25.2 Å². The van der Waals surface area contributed by atoms with Gasteiger partial charge in [-0.3, -0.25) is 14.4 Å². The fourth-order valence-electron chi connectivity index (χ4n) is 4.77. The number of morpholine rings is 1. The summed E-state index contributed by atoms with van der Waals surface area (Å²) in [7, 11) is 1.66. The first-order chi connectivity index (χ1) is 20.4. The number of anilines is 1. The van der Waals surface area contributed by atoms with Crippen molar-refractivity contribution in [3.63, 3.8) is 0 Å². The quantitative estimate of drug-likeness (QED) is 0.272. The Morgan fingerprint density at radius 2 is 1.95 bits per heavy atom. The minimum absolute atomic E-state index is 0.120. The van der Waals surface area contributed by atoms with Gasteiger partial charge in [0.25, 0.3) is 5.91 Å². The van der Waals surface area contributed by atoms with E-state index in [2.05, 4.69) is 25.4 Å². The molecule has 5 aromatic rings. The maximum atomic E-state index is 13.4. The fraction of sp³-hybridized carbons (Fsp3) is 0.241. The zero-order chi connectivity index (χ0) is 29.1. The lowest BCUT2D eigenvalue weighted by molar-refractivity contribution is -0.0494. The second-order valence-electron chi connectivity index (χ2n) is 9.64. The minimum atomic E-state index is -3.07. The molecule has 0 unspecified atom stereocenters. The Morgan fingerprint density at radius 3 is 2.79 bits per heavy atom. The number of nitrogens with one attached hydrogen (secondary N) is 1. The second kappa shape index (κ2) is 11.9. The van der Waals surface area contributed by atoms with Gasteiger partial charge in [0.05, 0.1) is 30.7 Å². The Bertz CT molecular complexity index is 1720. The SMILES string of the molecule is Cn1cc(NC(=O)c2cnn3cccnc23)c(-c2cc(Oc3cccc(CN4CCOCC4)c3)ccc2OC(F)F)n1. The van der Waals surface area contributed by atoms with Crippen LogP contribution in [-0.4, -0.2) is 68.1 Å². The number of carbonyl (C=O) groups is 1. The van der Waals surface area contributed by atoms with E-state index >= 15 is 0 Å². The lowest BCUT2D eigenvalue weighted by Gasteiger charge is -2.26. The van der Waals surface area contributed by atoms with Crippen molar-refractivity contribution in [2.24, 2.45) is 7.05 Å². The monoisotopic (exact) mass is 575 g/mol. The highest BCUT2D eigenvalue weighted by atomic mass is 19.3. The lowest BCUT2D eigenvalue weighted by atomic mass is 10.1. The standard InChI is InChI=1S/C29H27F2N7O4/c1-36-18-24(34-28(39)23-16-33-38-9-3-8-32-27(23)38)26(35-36)22-15-21(6-7-25(22)42-29(30)31)41-20-5-2-4-19(14-20)17-37-10-12-40-13-11-37/h2-9,14-16,18,29H,10-13,17H2,1H3,(H,34,39). The number of aromatic nitrogens is 5. The van der Waals surface area contributed by atoms with Crippen molar-refractivity contribution in [3.8, 4) is 28.5 Å². The number of rotatable bonds is 9. The van der Waals surface area contributed by atoms with Gasteiger partial charge in [-0.15, -0.1) is 0 Å². The smallest absolute Gasteiger partial charge is 0.387 e. The van der Waals surface area contributed by atoms with Gasteiger partial charge >= 0.3 is 6.61 Å². The number of hydrogen-bond donors (Lipinski definition) is 1. The van der Waals surface area contributed by atoms with Gasteiger partial charge in [0.2, 0.25) is 0 Å². The molecule has 0 aliphatic carbocycles. The predicted octanol–water partition coefficient (Wildman–Crippen LogP) is 4.61. The highest BCUT2D eigenvalue weighted by Gasteiger charge is 2.22. The Kier molecular flexibility index (Phi) is 7.75. The van der Waals surface area contributed by atoms with Crippen LogP contribution in [0.1, 0.15) is 15.9 Å². The van der Waals surface area contributed by atoms with Gasteiger partial charge in [0.15, 0.2) is 5.65 Å². The predicted molar refractivity (Wildman–Crippen MR) is 149 cm³/mol. The highest BCUT2D eigenvalue weighted by Crippen LogP contribution is 2.39. The summed E-state index contributed by atoms with van der Waals surface area (Å²) < 4.78 is 46.1. The van der Waals surface area contributed by atoms with Crippen molar-refractivity contribution in [1.29, 1.82) is 0 Å². The van der Waals surface area contributed by atoms with Crippen molar-refractivity contribution in [1.82, 2.24) is 29.3 Å². The van der Waals surface area contributed by atoms with Gasteiger partial charge < -0.3 is 19.5 Å². The molecule has 42 heavy (non-hydrogen) atoms. The number of alkyl halides is 2. The van der Waals surface area contributed by atoms with Gasteiger partial charge in [0, 0.05) is 45.3 Å². The second-order valence-corrected chi connectivity index (χ2v) is 9.64. The van der Waals surface area contributed by atoms with Crippen LogP contribution in [0, 0.1) is 0 Å². The van der Waals surface area contributed by atoms with Gasteiger partial charge in [-0.1, -0.05) is 12.1 Å². The number of halogens is 2. The molecule has 1 N–H and O–H groups in total. The Balaban J connectivity index is 1.29. The summed E-state index contributed by atoms with van der Waals surface area (Å²) in [5.74, 6) is 0.360. The topological polar surface area (TPSA) is 108 Å². The van der Waals surface area contributed by atoms with E-state index in [1.807, 2.05) is 24.3 Å². The van der Waals surface area contributed by atoms with Crippen LogP contribution in [0.15, 0.2) is 73.3 Å². The average Bonchev–Trinajstić information content (AvgIpc) is 3.57. The van der Waals surface area contributed by atoms with Gasteiger partial charge in [-0.05, 0) is 42.0 Å². The normalized spacial score (nSPS) is 13.9. The molecule has 0 radical (unpaired) electrons. The van der Waals surface area contributed by atoms with Crippen molar-refractivity contribution in [3.05, 3.63) is 84.4 Å². The number of amides is 1. The number of ether oxygens (including phenoxy) is 3. The number of nitrogens with zero attached hydrogens (tertiary/aromatic N) is 6. The van der Waals surface area contributed by atoms with Crippen LogP contribution in [0.5, 0.6) is 17.2 Å². The molecule has 2 aromatic carbocycles. The van der Waals surface area contributed by atoms with Crippen LogP contribution < -0.4 is 14.8 Å². The number of hydrogen-bond acceptors (Lipinski definition) is 8. The van der Waals surface area contributed by atoms with Crippen molar-refractivity contribution in [2.45, 2.75) is 13.2 Å². The minimum Gasteiger partial charge on any atom is -0.457 e. The average molecular weight is 576 g/mol. The molecule has 1 saturated heterocycles. The molecule has 1 fully saturated rings. The molecular weight excluding hydrogens is 548 g/mol. The zero-order valence-electron chi connectivity index (χ0n) is 22.6. The van der Waals surface area contributed by atoms with Gasteiger partial charge in [-0.25, -0.2) is 9.50 Å². The first-order valence-corrected chi connectivity index (χ1v) is 13.2. The first-order valence-electron chi connectivity index (χ1n) is 13.2. The zero-order valence-corrected chi connectivity index (χ0v) is 22.6. The van der Waals surface area contributed by atoms with E-state index in [9.17, 15) is 13.6 Å². The number of fused-ring (bicyclic) bond motifs is 1. The third-order valence-electron chi connectivity index (χ3n) is 6.67. The molecule has 1 aliphatic rings. The van der Waals surface area contributed by atoms with Gasteiger partial charge in [0.1, 0.15) is 28.5 Å². The van der Waals surface area contributed by atoms with E-state index in [-0.39, 0.29) is 28.3 Å². The van der Waals surface area contributed by atoms with E-state index in [1.165, 1.54) is 21.5 Å². The molecule has 13 heteroatoms. The Labute approximate surface area is 239 Å². The summed E-state index contributed by atoms with van der Waals surface area (Å²) in [6, 6.07) is 13.9. The van der Waals surface area contributed by atoms with E-state index < -0.39 is 12.5 Å². The Hall–Kier alpha value is -4.88. The molecule has 11 nitrogen and oxygen atoms in total. The summed E-state index contributed by atoms with van der Waals surface area (Å²) in [5.41, 5.74) is 2.39. The summed E-state index contributed by atoms with van der Waals surface area (Å²) in [6.45, 7) is 0.815. The first kappa shape index (κ1) is 27.3. The third-order valence-corrected chi connectivity index (χ3v) is 6.67. The molecule has 0 atom stereocenters. The molecule has 0 spiro atoms. The van der Waals surface area contributed by atoms with Gasteiger partial charge in [-0.2, -0.15) is 19.0 Å². The maximum absolute atomic E-state index is 13.4. The van der Waals surface area contributed by atoms with Crippen LogP contribution in [-0.2, 0) is 18.3 Å². The Morgan fingerprint density at radius 1 is 1.12 bits per heavy atom. The largest absolute Gasteiger partial charge is 0.457 e. The molecule has 0 bridgehead atoms. The molecule has 6 rings (SSSR count). The van der Waals surface area contributed by atoms with E-state index in [0.29, 0.717) is 30.4 Å². The van der Waals surface area contributed by atoms with E-state index in [4.69, 9.17) is 14.2 Å². The summed E-state index contributed by atoms with van der Waals surface area (Å²) in [6.07, 6.45) is 6.20. The van der Waals surface area contributed by atoms with Crippen LogP contribution in [0.4, 0.5) is 14.5 Å².